The van der Waals surface area contributed by atoms with E-state index in [0.29, 0.717) is 17.1 Å². The van der Waals surface area contributed by atoms with Crippen LogP contribution in [0.25, 0.3) is 0 Å². The third-order valence-corrected chi connectivity index (χ3v) is 2.89. The lowest BCUT2D eigenvalue weighted by Crippen LogP contribution is -2.24. The van der Waals surface area contributed by atoms with Crippen LogP contribution in [0.4, 0.5) is 0 Å². The maximum atomic E-state index is 11.8. The van der Waals surface area contributed by atoms with Crippen molar-refractivity contribution in [1.29, 1.82) is 0 Å². The van der Waals surface area contributed by atoms with Crippen LogP contribution in [-0.4, -0.2) is 31.2 Å². The molecule has 0 atom stereocenters. The fourth-order valence-corrected chi connectivity index (χ4v) is 1.78. The Kier molecular flexibility index (Phi) is 7.01. The van der Waals surface area contributed by atoms with Crippen molar-refractivity contribution in [2.24, 2.45) is 0 Å². The van der Waals surface area contributed by atoms with E-state index in [1.54, 1.807) is 7.11 Å². The third kappa shape index (κ3) is 5.21. The number of carbonyl (C=O) groups excluding carboxylic acids is 1. The highest BCUT2D eigenvalue weighted by Crippen LogP contribution is 2.17. The number of nitrogens with zero attached hydrogens (tertiary/aromatic N) is 1. The van der Waals surface area contributed by atoms with Crippen LogP contribution in [0.1, 0.15) is 29.6 Å². The molecular weight excluding hydrogens is 275 g/mol. The Morgan fingerprint density at radius 2 is 2.17 bits per heavy atom. The Morgan fingerprint density at radius 1 is 1.39 bits per heavy atom. The number of pyridine rings is 1. The van der Waals surface area contributed by atoms with Gasteiger partial charge in [0.05, 0.1) is 10.6 Å². The van der Waals surface area contributed by atoms with Crippen LogP contribution in [0.2, 0.25) is 10.2 Å². The number of rotatable bonds is 7. The number of hydrogen-bond donors (Lipinski definition) is 1. The summed E-state index contributed by atoms with van der Waals surface area (Å²) >= 11 is 11.6. The average molecular weight is 291 g/mol. The highest BCUT2D eigenvalue weighted by atomic mass is 35.5. The first-order valence-corrected chi connectivity index (χ1v) is 6.49. The lowest BCUT2D eigenvalue weighted by molar-refractivity contribution is 0.0952. The van der Waals surface area contributed by atoms with E-state index >= 15 is 0 Å². The van der Waals surface area contributed by atoms with Crippen molar-refractivity contribution in [2.75, 3.05) is 20.3 Å². The van der Waals surface area contributed by atoms with Crippen molar-refractivity contribution < 1.29 is 9.53 Å². The molecule has 6 heteroatoms. The zero-order valence-electron chi connectivity index (χ0n) is 10.2. The van der Waals surface area contributed by atoms with Crippen LogP contribution in [0, 0.1) is 0 Å². The number of aromatic nitrogens is 1. The molecule has 0 aliphatic carbocycles. The molecule has 4 nitrogen and oxygen atoms in total. The van der Waals surface area contributed by atoms with Crippen LogP contribution in [0.15, 0.2) is 12.3 Å². The summed E-state index contributed by atoms with van der Waals surface area (Å²) in [4.78, 5) is 15.6. The predicted molar refractivity (Wildman–Crippen MR) is 72.3 cm³/mol. The number of amides is 1. The molecule has 0 aromatic carbocycles. The third-order valence-electron chi connectivity index (χ3n) is 2.38. The van der Waals surface area contributed by atoms with Gasteiger partial charge in [0.2, 0.25) is 0 Å². The number of nitrogens with one attached hydrogen (secondary N) is 1. The second-order valence-electron chi connectivity index (χ2n) is 3.80. The maximum absolute atomic E-state index is 11.8. The van der Waals surface area contributed by atoms with E-state index in [1.165, 1.54) is 12.3 Å². The minimum atomic E-state index is -0.226. The number of carbonyl (C=O) groups is 1. The van der Waals surface area contributed by atoms with Crippen LogP contribution in [0.3, 0.4) is 0 Å². The van der Waals surface area contributed by atoms with E-state index in [1.807, 2.05) is 0 Å². The number of hydrogen-bond acceptors (Lipinski definition) is 3. The van der Waals surface area contributed by atoms with Crippen LogP contribution in [0.5, 0.6) is 0 Å². The zero-order chi connectivity index (χ0) is 13.4. The summed E-state index contributed by atoms with van der Waals surface area (Å²) in [7, 11) is 1.68. The monoisotopic (exact) mass is 290 g/mol. The first-order chi connectivity index (χ1) is 8.65. The van der Waals surface area contributed by atoms with Gasteiger partial charge < -0.3 is 10.1 Å². The number of ether oxygens (including phenoxy) is 1. The minimum Gasteiger partial charge on any atom is -0.385 e. The van der Waals surface area contributed by atoms with Gasteiger partial charge >= 0.3 is 0 Å². The molecule has 0 fully saturated rings. The van der Waals surface area contributed by atoms with Crippen molar-refractivity contribution in [1.82, 2.24) is 10.3 Å². The van der Waals surface area contributed by atoms with E-state index in [2.05, 4.69) is 10.3 Å². The first-order valence-electron chi connectivity index (χ1n) is 5.73. The summed E-state index contributed by atoms with van der Waals surface area (Å²) in [5, 5.41) is 3.35. The zero-order valence-corrected chi connectivity index (χ0v) is 11.7. The summed E-state index contributed by atoms with van der Waals surface area (Å²) in [5.41, 5.74) is 0.355. The van der Waals surface area contributed by atoms with Crippen molar-refractivity contribution in [2.45, 2.75) is 19.3 Å². The molecule has 1 heterocycles. The van der Waals surface area contributed by atoms with E-state index in [9.17, 15) is 4.79 Å². The molecule has 0 spiro atoms. The lowest BCUT2D eigenvalue weighted by Gasteiger charge is -2.06. The van der Waals surface area contributed by atoms with Gasteiger partial charge in [-0.15, -0.1) is 0 Å². The lowest BCUT2D eigenvalue weighted by atomic mass is 10.2. The molecule has 0 saturated carbocycles. The molecule has 0 radical (unpaired) electrons. The van der Waals surface area contributed by atoms with E-state index < -0.39 is 0 Å². The summed E-state index contributed by atoms with van der Waals surface area (Å²) in [6.07, 6.45) is 4.29. The maximum Gasteiger partial charge on any atom is 0.252 e. The molecular formula is C12H16Cl2N2O2. The topological polar surface area (TPSA) is 51.2 Å². The molecule has 1 aromatic heterocycles. The summed E-state index contributed by atoms with van der Waals surface area (Å²) < 4.78 is 4.94. The first kappa shape index (κ1) is 15.2. The van der Waals surface area contributed by atoms with Gasteiger partial charge in [0.15, 0.2) is 0 Å². The molecule has 0 unspecified atom stereocenters. The molecule has 0 bridgehead atoms. The Hall–Kier alpha value is -0.840. The van der Waals surface area contributed by atoms with Crippen LogP contribution >= 0.6 is 23.2 Å². The Balaban J connectivity index is 2.34. The fraction of sp³-hybridized carbons (Fsp3) is 0.500. The molecule has 1 N–H and O–H groups in total. The van der Waals surface area contributed by atoms with Gasteiger partial charge in [0, 0.05) is 26.5 Å². The highest BCUT2D eigenvalue weighted by molar-refractivity contribution is 6.35. The normalized spacial score (nSPS) is 10.4. The van der Waals surface area contributed by atoms with Gasteiger partial charge in [-0.2, -0.15) is 0 Å². The van der Waals surface area contributed by atoms with Gasteiger partial charge in [-0.25, -0.2) is 4.98 Å². The number of halogens is 2. The predicted octanol–water partition coefficient (Wildman–Crippen LogP) is 2.93. The smallest absolute Gasteiger partial charge is 0.252 e. The molecule has 100 valence electrons. The molecule has 1 aromatic rings. The van der Waals surface area contributed by atoms with Crippen molar-refractivity contribution in [3.8, 4) is 0 Å². The SMILES string of the molecule is COCCCCCNC(=O)c1cc(Cl)ncc1Cl. The second kappa shape index (κ2) is 8.29. The van der Waals surface area contributed by atoms with Gasteiger partial charge in [-0.3, -0.25) is 4.79 Å². The van der Waals surface area contributed by atoms with Crippen LogP contribution < -0.4 is 5.32 Å². The number of methoxy groups -OCH3 is 1. The summed E-state index contributed by atoms with van der Waals surface area (Å²) in [6.45, 7) is 1.36. The largest absolute Gasteiger partial charge is 0.385 e. The quantitative estimate of drug-likeness (QED) is 0.620. The molecule has 0 saturated heterocycles. The molecule has 0 aliphatic rings. The van der Waals surface area contributed by atoms with Crippen LogP contribution in [-0.2, 0) is 4.74 Å². The molecule has 0 aliphatic heterocycles. The van der Waals surface area contributed by atoms with Gasteiger partial charge in [-0.05, 0) is 25.3 Å². The summed E-state index contributed by atoms with van der Waals surface area (Å²) in [5.74, 6) is -0.226. The second-order valence-corrected chi connectivity index (χ2v) is 4.59. The highest BCUT2D eigenvalue weighted by Gasteiger charge is 2.10. The van der Waals surface area contributed by atoms with Gasteiger partial charge in [-0.1, -0.05) is 23.2 Å². The fourth-order valence-electron chi connectivity index (χ4n) is 1.43. The van der Waals surface area contributed by atoms with Crippen molar-refractivity contribution in [3.63, 3.8) is 0 Å². The standard InChI is InChI=1S/C12H16Cl2N2O2/c1-18-6-4-2-3-5-15-12(17)9-7-11(14)16-8-10(9)13/h7-8H,2-6H2,1H3,(H,15,17). The minimum absolute atomic E-state index is 0.226. The van der Waals surface area contributed by atoms with Gasteiger partial charge in [0.1, 0.15) is 5.15 Å². The number of unbranched alkanes of at least 4 members (excludes halogenated alkanes) is 2. The average Bonchev–Trinajstić information content (AvgIpc) is 2.36. The van der Waals surface area contributed by atoms with Gasteiger partial charge in [0.25, 0.3) is 5.91 Å². The molecule has 18 heavy (non-hydrogen) atoms. The Labute approximate surface area is 117 Å². The molecule has 1 rings (SSSR count). The van der Waals surface area contributed by atoms with E-state index in [0.717, 1.165) is 25.9 Å². The Morgan fingerprint density at radius 3 is 2.89 bits per heavy atom. The van der Waals surface area contributed by atoms with E-state index in [-0.39, 0.29) is 11.1 Å². The Bertz CT molecular complexity index is 400. The molecule has 1 amide bonds. The van der Waals surface area contributed by atoms with Crippen molar-refractivity contribution >= 4 is 29.1 Å². The van der Waals surface area contributed by atoms with E-state index in [4.69, 9.17) is 27.9 Å². The van der Waals surface area contributed by atoms with Crippen molar-refractivity contribution in [3.05, 3.63) is 28.0 Å². The summed E-state index contributed by atoms with van der Waals surface area (Å²) in [6, 6.07) is 1.46.